The number of fused-ring (bicyclic) bond motifs is 1. The second-order valence-electron chi connectivity index (χ2n) is 3.84. The van der Waals surface area contributed by atoms with Gasteiger partial charge in [-0.05, 0) is 11.0 Å². The normalized spacial score (nSPS) is 11.0. The highest BCUT2D eigenvalue weighted by atomic mass is 35.5. The van der Waals surface area contributed by atoms with E-state index in [-0.39, 0.29) is 5.82 Å². The first-order valence-electron chi connectivity index (χ1n) is 5.51. The predicted octanol–water partition coefficient (Wildman–Crippen LogP) is 3.49. The summed E-state index contributed by atoms with van der Waals surface area (Å²) in [5.74, 6) is -0.144. The fraction of sp³-hybridized carbons (Fsp3) is 0. The van der Waals surface area contributed by atoms with Gasteiger partial charge in [0.25, 0.3) is 0 Å². The van der Waals surface area contributed by atoms with E-state index in [1.165, 1.54) is 34.8 Å². The van der Waals surface area contributed by atoms with Crippen molar-refractivity contribution >= 4 is 46.4 Å². The van der Waals surface area contributed by atoms with Gasteiger partial charge in [0.05, 0.1) is 18.6 Å². The second kappa shape index (κ2) is 5.47. The van der Waals surface area contributed by atoms with Crippen LogP contribution in [0.1, 0.15) is 0 Å². The molecule has 0 spiro atoms. The number of nitrogens with zero attached hydrogens (tertiary/aromatic N) is 5. The van der Waals surface area contributed by atoms with Crippen LogP contribution < -0.4 is 0 Å². The van der Waals surface area contributed by atoms with Gasteiger partial charge in [0, 0.05) is 4.90 Å². The monoisotopic (exact) mass is 341 g/mol. The summed E-state index contributed by atoms with van der Waals surface area (Å²) in [6.45, 7) is 0. The number of imidazole rings is 1. The van der Waals surface area contributed by atoms with Gasteiger partial charge in [-0.2, -0.15) is 4.40 Å². The molecule has 3 heterocycles. The average molecular weight is 342 g/mol. The summed E-state index contributed by atoms with van der Waals surface area (Å²) in [6, 6.07) is 1.66. The first kappa shape index (κ1) is 14.1. The first-order valence-corrected chi connectivity index (χ1v) is 7.09. The number of nitro groups is 1. The molecule has 3 aromatic rings. The van der Waals surface area contributed by atoms with Crippen LogP contribution in [-0.4, -0.2) is 24.3 Å². The molecule has 0 atom stereocenters. The molecular weight excluding hydrogens is 337 g/mol. The zero-order valence-corrected chi connectivity index (χ0v) is 12.4. The molecule has 0 aliphatic heterocycles. The van der Waals surface area contributed by atoms with Crippen molar-refractivity contribution in [3.63, 3.8) is 0 Å². The average Bonchev–Trinajstić information content (AvgIpc) is 2.89. The van der Waals surface area contributed by atoms with Crippen molar-refractivity contribution in [1.29, 1.82) is 0 Å². The molecule has 0 aromatic carbocycles. The highest BCUT2D eigenvalue weighted by Gasteiger charge is 2.19. The molecule has 0 amide bonds. The zero-order chi connectivity index (χ0) is 15.0. The third-order valence-corrected chi connectivity index (χ3v) is 4.22. The minimum Gasteiger partial charge on any atom is -0.358 e. The van der Waals surface area contributed by atoms with Crippen molar-refractivity contribution in [2.75, 3.05) is 0 Å². The van der Waals surface area contributed by atoms with E-state index in [2.05, 4.69) is 15.0 Å². The van der Waals surface area contributed by atoms with E-state index in [0.29, 0.717) is 25.7 Å². The Morgan fingerprint density at radius 3 is 2.67 bits per heavy atom. The largest absolute Gasteiger partial charge is 0.358 e. The summed E-state index contributed by atoms with van der Waals surface area (Å²) >= 11 is 13.2. The molecule has 21 heavy (non-hydrogen) atoms. The molecule has 0 aliphatic rings. The third-order valence-electron chi connectivity index (χ3n) is 2.56. The van der Waals surface area contributed by atoms with Gasteiger partial charge in [-0.25, -0.2) is 15.0 Å². The summed E-state index contributed by atoms with van der Waals surface area (Å²) in [7, 11) is 0. The van der Waals surface area contributed by atoms with Crippen LogP contribution in [0.5, 0.6) is 0 Å². The Kier molecular flexibility index (Phi) is 3.66. The van der Waals surface area contributed by atoms with E-state index in [9.17, 15) is 10.1 Å². The summed E-state index contributed by atoms with van der Waals surface area (Å²) in [5, 5.41) is 12.1. The summed E-state index contributed by atoms with van der Waals surface area (Å²) in [4.78, 5) is 23.0. The Hall–Kier alpha value is -1.90. The van der Waals surface area contributed by atoms with E-state index >= 15 is 0 Å². The van der Waals surface area contributed by atoms with Gasteiger partial charge in [0.1, 0.15) is 21.4 Å². The number of hydrogen-bond acceptors (Lipinski definition) is 6. The van der Waals surface area contributed by atoms with E-state index in [4.69, 9.17) is 23.2 Å². The van der Waals surface area contributed by atoms with Crippen LogP contribution in [-0.2, 0) is 0 Å². The fourth-order valence-corrected chi connectivity index (χ4v) is 2.83. The molecule has 7 nitrogen and oxygen atoms in total. The van der Waals surface area contributed by atoms with Crippen molar-refractivity contribution in [3.05, 3.63) is 51.1 Å². The number of rotatable bonds is 3. The van der Waals surface area contributed by atoms with E-state index < -0.39 is 4.92 Å². The van der Waals surface area contributed by atoms with Gasteiger partial charge in [-0.1, -0.05) is 35.0 Å². The van der Waals surface area contributed by atoms with Gasteiger partial charge in [0.15, 0.2) is 0 Å². The molecule has 0 bridgehead atoms. The van der Waals surface area contributed by atoms with Crippen molar-refractivity contribution in [3.8, 4) is 0 Å². The standard InChI is InChI=1S/C11H5Cl2N5O2S/c12-7-3-15-8(4-14-7)21-6-1-2-17-9(18(19)20)5-16-11(17)10(6)13/h1-5H. The van der Waals surface area contributed by atoms with Gasteiger partial charge in [-0.3, -0.25) is 0 Å². The van der Waals surface area contributed by atoms with Crippen LogP contribution >= 0.6 is 35.0 Å². The topological polar surface area (TPSA) is 86.2 Å². The molecule has 0 N–H and O–H groups in total. The third kappa shape index (κ3) is 2.65. The molecule has 0 radical (unpaired) electrons. The molecule has 3 aromatic heterocycles. The highest BCUT2D eigenvalue weighted by molar-refractivity contribution is 7.99. The molecule has 10 heteroatoms. The predicted molar refractivity (Wildman–Crippen MR) is 78.0 cm³/mol. The molecule has 0 aliphatic carbocycles. The lowest BCUT2D eigenvalue weighted by Crippen LogP contribution is -1.94. The van der Waals surface area contributed by atoms with Crippen LogP contribution in [0, 0.1) is 10.1 Å². The maximum absolute atomic E-state index is 10.9. The lowest BCUT2D eigenvalue weighted by atomic mass is 10.5. The lowest BCUT2D eigenvalue weighted by molar-refractivity contribution is -0.390. The van der Waals surface area contributed by atoms with E-state index in [0.717, 1.165) is 6.20 Å². The van der Waals surface area contributed by atoms with Crippen LogP contribution in [0.15, 0.2) is 40.8 Å². The number of halogens is 2. The summed E-state index contributed by atoms with van der Waals surface area (Å²) < 4.78 is 1.32. The number of hydrogen-bond donors (Lipinski definition) is 0. The zero-order valence-electron chi connectivity index (χ0n) is 10.1. The minimum atomic E-state index is -0.520. The van der Waals surface area contributed by atoms with Crippen molar-refractivity contribution in [2.24, 2.45) is 0 Å². The SMILES string of the molecule is O=[N+]([O-])c1cnc2c(Cl)c(Sc3cnc(Cl)cn3)ccn12. The summed E-state index contributed by atoms with van der Waals surface area (Å²) in [5.41, 5.74) is 0.315. The Morgan fingerprint density at radius 2 is 2.00 bits per heavy atom. The van der Waals surface area contributed by atoms with Crippen LogP contribution in [0.4, 0.5) is 5.82 Å². The van der Waals surface area contributed by atoms with Crippen LogP contribution in [0.25, 0.3) is 5.65 Å². The first-order chi connectivity index (χ1) is 10.1. The number of pyridine rings is 1. The quantitative estimate of drug-likeness (QED) is 0.535. The summed E-state index contributed by atoms with van der Waals surface area (Å²) in [6.07, 6.45) is 5.65. The minimum absolute atomic E-state index is 0.144. The van der Waals surface area contributed by atoms with Crippen molar-refractivity contribution in [1.82, 2.24) is 19.4 Å². The molecular formula is C11H5Cl2N5O2S. The van der Waals surface area contributed by atoms with Crippen LogP contribution in [0.3, 0.4) is 0 Å². The van der Waals surface area contributed by atoms with Crippen LogP contribution in [0.2, 0.25) is 10.2 Å². The maximum atomic E-state index is 10.9. The second-order valence-corrected chi connectivity index (χ2v) is 5.67. The van der Waals surface area contributed by atoms with Gasteiger partial charge >= 0.3 is 5.82 Å². The van der Waals surface area contributed by atoms with Gasteiger partial charge in [-0.15, -0.1) is 0 Å². The Labute approximate surface area is 132 Å². The number of aromatic nitrogens is 4. The smallest absolute Gasteiger partial charge is 0.347 e. The van der Waals surface area contributed by atoms with Crippen molar-refractivity contribution in [2.45, 2.75) is 9.92 Å². The molecule has 0 saturated heterocycles. The maximum Gasteiger partial charge on any atom is 0.347 e. The van der Waals surface area contributed by atoms with Gasteiger partial charge < -0.3 is 10.1 Å². The molecule has 0 fully saturated rings. The fourth-order valence-electron chi connectivity index (χ4n) is 1.67. The Morgan fingerprint density at radius 1 is 1.19 bits per heavy atom. The Balaban J connectivity index is 2.02. The molecule has 0 unspecified atom stereocenters. The molecule has 106 valence electrons. The highest BCUT2D eigenvalue weighted by Crippen LogP contribution is 2.35. The molecule has 3 rings (SSSR count). The molecule has 0 saturated carbocycles. The van der Waals surface area contributed by atoms with Crippen molar-refractivity contribution < 1.29 is 4.92 Å². The Bertz CT molecular complexity index is 836. The van der Waals surface area contributed by atoms with E-state index in [1.54, 1.807) is 6.07 Å². The van der Waals surface area contributed by atoms with E-state index in [1.807, 2.05) is 0 Å². The van der Waals surface area contributed by atoms with Gasteiger partial charge in [0.2, 0.25) is 5.65 Å². The lowest BCUT2D eigenvalue weighted by Gasteiger charge is -2.03.